The third-order valence-corrected chi connectivity index (χ3v) is 8.15. The molecule has 1 aromatic heterocycles. The van der Waals surface area contributed by atoms with E-state index < -0.39 is 5.97 Å². The van der Waals surface area contributed by atoms with Gasteiger partial charge in [-0.15, -0.1) is 24.2 Å². The number of aromatic nitrogens is 1. The van der Waals surface area contributed by atoms with Gasteiger partial charge in [0.15, 0.2) is 0 Å². The SMILES string of the molecule is CCNC(C)CC(CC=Nc1ccc(C(=O)OC)cc1S)NCc1c(C2C(Cl)=CC=CC2Cl)noc1C1CC1. The van der Waals surface area contributed by atoms with Crippen LogP contribution >= 0.6 is 35.8 Å². The average Bonchev–Trinajstić information content (AvgIpc) is 3.67. The lowest BCUT2D eigenvalue weighted by Crippen LogP contribution is -2.37. The maximum Gasteiger partial charge on any atom is 0.337 e. The number of rotatable bonds is 13. The highest BCUT2D eigenvalue weighted by atomic mass is 35.5. The smallest absolute Gasteiger partial charge is 0.337 e. The van der Waals surface area contributed by atoms with Gasteiger partial charge in [-0.05, 0) is 63.4 Å². The molecule has 1 saturated carbocycles. The number of benzene rings is 1. The van der Waals surface area contributed by atoms with Crippen molar-refractivity contribution in [3.63, 3.8) is 0 Å². The number of carbonyl (C=O) groups is 1. The Morgan fingerprint density at radius 1 is 1.36 bits per heavy atom. The summed E-state index contributed by atoms with van der Waals surface area (Å²) in [5.74, 6) is 0.718. The second kappa shape index (κ2) is 14.0. The van der Waals surface area contributed by atoms with E-state index >= 15 is 0 Å². The van der Waals surface area contributed by atoms with Crippen molar-refractivity contribution in [2.75, 3.05) is 13.7 Å². The molecule has 39 heavy (non-hydrogen) atoms. The number of carbonyl (C=O) groups excluding carboxylic acids is 1. The fourth-order valence-corrected chi connectivity index (χ4v) is 5.84. The zero-order valence-electron chi connectivity index (χ0n) is 22.5. The number of hydrogen-bond donors (Lipinski definition) is 3. The molecule has 4 rings (SSSR count). The van der Waals surface area contributed by atoms with Gasteiger partial charge in [-0.3, -0.25) is 4.99 Å². The molecule has 1 fully saturated rings. The Balaban J connectivity index is 1.50. The number of esters is 1. The lowest BCUT2D eigenvalue weighted by molar-refractivity contribution is 0.0600. The van der Waals surface area contributed by atoms with Crippen LogP contribution in [0.2, 0.25) is 0 Å². The molecule has 2 N–H and O–H groups in total. The molecule has 4 unspecified atom stereocenters. The molecule has 10 heteroatoms. The molecule has 0 bridgehead atoms. The first-order chi connectivity index (χ1) is 18.8. The molecule has 7 nitrogen and oxygen atoms in total. The third kappa shape index (κ3) is 7.76. The van der Waals surface area contributed by atoms with E-state index in [1.807, 2.05) is 24.4 Å². The molecule has 0 radical (unpaired) electrons. The molecule has 4 atom stereocenters. The maximum absolute atomic E-state index is 11.8. The van der Waals surface area contributed by atoms with E-state index in [-0.39, 0.29) is 17.3 Å². The quantitative estimate of drug-likeness (QED) is 0.105. The molecule has 2 aliphatic carbocycles. The van der Waals surface area contributed by atoms with Crippen LogP contribution < -0.4 is 10.6 Å². The number of halogens is 2. The highest BCUT2D eigenvalue weighted by Crippen LogP contribution is 2.46. The minimum Gasteiger partial charge on any atom is -0.465 e. The van der Waals surface area contributed by atoms with Crippen LogP contribution in [0.1, 0.15) is 78.7 Å². The molecule has 0 spiro atoms. The Kier molecular flexibility index (Phi) is 10.7. The van der Waals surface area contributed by atoms with Gasteiger partial charge in [0.05, 0.1) is 35.3 Å². The molecular formula is C29H36Cl2N4O3S. The Labute approximate surface area is 245 Å². The van der Waals surface area contributed by atoms with Gasteiger partial charge in [-0.1, -0.05) is 35.8 Å². The molecule has 2 aromatic rings. The Bertz CT molecular complexity index is 1240. The van der Waals surface area contributed by atoms with Crippen LogP contribution in [0, 0.1) is 0 Å². The van der Waals surface area contributed by atoms with Gasteiger partial charge in [0, 0.05) is 46.3 Å². The van der Waals surface area contributed by atoms with E-state index in [1.54, 1.807) is 18.2 Å². The van der Waals surface area contributed by atoms with Crippen LogP contribution in [0.25, 0.3) is 0 Å². The zero-order chi connectivity index (χ0) is 27.9. The second-order valence-electron chi connectivity index (χ2n) is 10.1. The van der Waals surface area contributed by atoms with Crippen molar-refractivity contribution in [2.45, 2.75) is 80.3 Å². The van der Waals surface area contributed by atoms with Crippen molar-refractivity contribution in [1.82, 2.24) is 15.8 Å². The van der Waals surface area contributed by atoms with E-state index in [2.05, 4.69) is 47.3 Å². The monoisotopic (exact) mass is 590 g/mol. The predicted molar refractivity (Wildman–Crippen MR) is 160 cm³/mol. The van der Waals surface area contributed by atoms with Gasteiger partial charge in [-0.2, -0.15) is 0 Å². The molecule has 0 saturated heterocycles. The van der Waals surface area contributed by atoms with E-state index in [4.69, 9.17) is 32.5 Å². The van der Waals surface area contributed by atoms with Gasteiger partial charge in [0.1, 0.15) is 5.76 Å². The van der Waals surface area contributed by atoms with Crippen molar-refractivity contribution in [3.8, 4) is 0 Å². The summed E-state index contributed by atoms with van der Waals surface area (Å²) in [7, 11) is 1.36. The normalized spacial score (nSPS) is 20.7. The highest BCUT2D eigenvalue weighted by molar-refractivity contribution is 7.80. The fourth-order valence-electron chi connectivity index (χ4n) is 4.85. The van der Waals surface area contributed by atoms with Crippen LogP contribution in [-0.4, -0.2) is 48.5 Å². The van der Waals surface area contributed by atoms with Crippen LogP contribution in [0.4, 0.5) is 5.69 Å². The highest BCUT2D eigenvalue weighted by Gasteiger charge is 2.37. The van der Waals surface area contributed by atoms with E-state index in [9.17, 15) is 4.79 Å². The van der Waals surface area contributed by atoms with Crippen molar-refractivity contribution >= 4 is 53.7 Å². The number of ether oxygens (including phenoxy) is 1. The van der Waals surface area contributed by atoms with Crippen molar-refractivity contribution in [2.24, 2.45) is 4.99 Å². The fraction of sp³-hybridized carbons (Fsp3) is 0.483. The number of alkyl halides is 1. The summed E-state index contributed by atoms with van der Waals surface area (Å²) in [6.45, 7) is 5.79. The maximum atomic E-state index is 11.8. The number of nitrogens with zero attached hydrogens (tertiary/aromatic N) is 2. The average molecular weight is 592 g/mol. The number of aliphatic imine (C=N–C) groups is 1. The number of hydrogen-bond acceptors (Lipinski definition) is 8. The summed E-state index contributed by atoms with van der Waals surface area (Å²) < 4.78 is 10.7. The van der Waals surface area contributed by atoms with Gasteiger partial charge >= 0.3 is 5.97 Å². The number of nitrogens with one attached hydrogen (secondary N) is 2. The third-order valence-electron chi connectivity index (χ3n) is 7.03. The largest absolute Gasteiger partial charge is 0.465 e. The number of thiol groups is 1. The second-order valence-corrected chi connectivity index (χ2v) is 11.5. The molecule has 0 aliphatic heterocycles. The van der Waals surface area contributed by atoms with Gasteiger partial charge in [-0.25, -0.2) is 4.79 Å². The molecule has 1 heterocycles. The Morgan fingerprint density at radius 3 is 2.82 bits per heavy atom. The Hall–Kier alpha value is -2.10. The topological polar surface area (TPSA) is 88.8 Å². The number of methoxy groups -OCH3 is 1. The summed E-state index contributed by atoms with van der Waals surface area (Å²) >= 11 is 17.8. The van der Waals surface area contributed by atoms with Gasteiger partial charge in [0.2, 0.25) is 0 Å². The first-order valence-electron chi connectivity index (χ1n) is 13.4. The minimum atomic E-state index is -0.400. The molecule has 2 aliphatic rings. The predicted octanol–water partition coefficient (Wildman–Crippen LogP) is 6.65. The summed E-state index contributed by atoms with van der Waals surface area (Å²) in [6, 6.07) is 5.59. The zero-order valence-corrected chi connectivity index (χ0v) is 24.9. The van der Waals surface area contributed by atoms with Crippen molar-refractivity contribution < 1.29 is 14.1 Å². The standard InChI is InChI=1S/C29H36Cl2N4O3S/c1-4-32-17(2)14-20(12-13-33-24-11-10-19(15-25(24)39)29(36)37-3)34-16-21-27(35-38-28(21)18-8-9-18)26-22(30)6-5-7-23(26)31/h5-7,10-11,13,15,17-18,20,22,26,32,34,39H,4,8-9,12,14,16H2,1-3H3. The van der Waals surface area contributed by atoms with Crippen LogP contribution in [0.5, 0.6) is 0 Å². The molecule has 210 valence electrons. The first kappa shape index (κ1) is 29.9. The lowest BCUT2D eigenvalue weighted by Gasteiger charge is -2.24. The van der Waals surface area contributed by atoms with Gasteiger partial charge < -0.3 is 19.9 Å². The molecular weight excluding hydrogens is 555 g/mol. The van der Waals surface area contributed by atoms with Crippen molar-refractivity contribution in [1.29, 1.82) is 0 Å². The minimum absolute atomic E-state index is 0.138. The Morgan fingerprint density at radius 2 is 2.15 bits per heavy atom. The van der Waals surface area contributed by atoms with Crippen LogP contribution in [0.3, 0.4) is 0 Å². The summed E-state index contributed by atoms with van der Waals surface area (Å²) in [5.41, 5.74) is 3.01. The number of allylic oxidation sites excluding steroid dienone is 4. The summed E-state index contributed by atoms with van der Waals surface area (Å²) in [4.78, 5) is 17.1. The van der Waals surface area contributed by atoms with E-state index in [0.29, 0.717) is 46.1 Å². The summed E-state index contributed by atoms with van der Waals surface area (Å²) in [6.07, 6.45) is 11.4. The van der Waals surface area contributed by atoms with Gasteiger partial charge in [0.25, 0.3) is 0 Å². The van der Waals surface area contributed by atoms with Crippen LogP contribution in [0.15, 0.2) is 55.9 Å². The van der Waals surface area contributed by atoms with Crippen molar-refractivity contribution in [3.05, 3.63) is 64.0 Å². The summed E-state index contributed by atoms with van der Waals surface area (Å²) in [5, 5.41) is 12.1. The molecule has 1 aromatic carbocycles. The lowest BCUT2D eigenvalue weighted by atomic mass is 9.92. The van der Waals surface area contributed by atoms with E-state index in [1.165, 1.54) is 7.11 Å². The van der Waals surface area contributed by atoms with E-state index in [0.717, 1.165) is 42.8 Å². The first-order valence-corrected chi connectivity index (χ1v) is 14.6. The molecule has 0 amide bonds. The van der Waals surface area contributed by atoms with Crippen LogP contribution in [-0.2, 0) is 11.3 Å².